The van der Waals surface area contributed by atoms with Gasteiger partial charge in [0, 0.05) is 29.1 Å². The Hall–Kier alpha value is -3.69. The third-order valence-corrected chi connectivity index (χ3v) is 3.33. The molecule has 0 saturated carbocycles. The minimum Gasteiger partial charge on any atom is -0.258 e. The lowest BCUT2D eigenvalue weighted by Crippen LogP contribution is -2.41. The second-order valence-corrected chi connectivity index (χ2v) is 4.88. The molecular weight excluding hydrogens is 316 g/mol. The third kappa shape index (κ3) is 2.79. The van der Waals surface area contributed by atoms with Crippen molar-refractivity contribution >= 4 is 11.4 Å². The summed E-state index contributed by atoms with van der Waals surface area (Å²) in [4.78, 5) is 23.4. The van der Waals surface area contributed by atoms with Crippen LogP contribution in [-0.4, -0.2) is 24.8 Å². The van der Waals surface area contributed by atoms with Crippen molar-refractivity contribution in [2.24, 2.45) is 7.05 Å². The van der Waals surface area contributed by atoms with Crippen molar-refractivity contribution in [2.45, 2.75) is 0 Å². The molecule has 0 N–H and O–H groups in total. The van der Waals surface area contributed by atoms with E-state index in [0.29, 0.717) is 17.1 Å². The van der Waals surface area contributed by atoms with E-state index in [4.69, 9.17) is 0 Å². The summed E-state index contributed by atoms with van der Waals surface area (Å²) in [5.41, 5.74) is 1.19. The van der Waals surface area contributed by atoms with Crippen LogP contribution in [0.3, 0.4) is 0 Å². The molecule has 0 aliphatic heterocycles. The molecule has 0 aliphatic carbocycles. The molecule has 3 rings (SSSR count). The van der Waals surface area contributed by atoms with Gasteiger partial charge in [-0.1, -0.05) is 4.80 Å². The second-order valence-electron chi connectivity index (χ2n) is 4.88. The highest BCUT2D eigenvalue weighted by molar-refractivity contribution is 5.56. The standard InChI is InChI=1S/C14H11N6O4/c1-17-15-14(10-2-4-12(5-3-10)19(21)22)16-18(17)11-6-8-13(9-7-11)20(23)24/h2-9H,1H3/q+1. The monoisotopic (exact) mass is 327 g/mol. The summed E-state index contributed by atoms with van der Waals surface area (Å²) in [5, 5.41) is 30.0. The van der Waals surface area contributed by atoms with Crippen LogP contribution in [0, 0.1) is 20.2 Å². The van der Waals surface area contributed by atoms with Crippen molar-refractivity contribution in [1.82, 2.24) is 15.0 Å². The molecule has 0 radical (unpaired) electrons. The second kappa shape index (κ2) is 5.83. The average molecular weight is 327 g/mol. The molecule has 10 heteroatoms. The fourth-order valence-electron chi connectivity index (χ4n) is 2.13. The topological polar surface area (TPSA) is 121 Å². The van der Waals surface area contributed by atoms with Gasteiger partial charge in [0.05, 0.1) is 20.5 Å². The molecular formula is C14H11N6O4+. The molecule has 0 bridgehead atoms. The number of tetrazole rings is 1. The number of nitro benzene ring substituents is 2. The van der Waals surface area contributed by atoms with E-state index in [-0.39, 0.29) is 11.4 Å². The minimum absolute atomic E-state index is 0.0158. The normalized spacial score (nSPS) is 10.5. The van der Waals surface area contributed by atoms with Gasteiger partial charge in [0.2, 0.25) is 0 Å². The molecule has 0 amide bonds. The molecule has 0 atom stereocenters. The van der Waals surface area contributed by atoms with Crippen LogP contribution in [0.15, 0.2) is 48.5 Å². The summed E-state index contributed by atoms with van der Waals surface area (Å²) in [6.45, 7) is 0. The van der Waals surface area contributed by atoms with E-state index in [1.807, 2.05) is 0 Å². The highest BCUT2D eigenvalue weighted by Gasteiger charge is 2.20. The summed E-state index contributed by atoms with van der Waals surface area (Å²) in [5.74, 6) is 0.380. The zero-order chi connectivity index (χ0) is 17.3. The third-order valence-electron chi connectivity index (χ3n) is 3.33. The number of aryl methyl sites for hydroxylation is 1. The number of nitro groups is 2. The predicted octanol–water partition coefficient (Wildman–Crippen LogP) is 1.58. The average Bonchev–Trinajstić information content (AvgIpc) is 2.97. The molecule has 1 aromatic heterocycles. The number of aromatic nitrogens is 4. The van der Waals surface area contributed by atoms with E-state index in [0.717, 1.165) is 0 Å². The first-order valence-corrected chi connectivity index (χ1v) is 6.79. The lowest BCUT2D eigenvalue weighted by Gasteiger charge is -1.95. The van der Waals surface area contributed by atoms with Gasteiger partial charge in [-0.25, -0.2) is 0 Å². The van der Waals surface area contributed by atoms with Crippen molar-refractivity contribution in [2.75, 3.05) is 0 Å². The van der Waals surface area contributed by atoms with Gasteiger partial charge in [0.1, 0.15) is 12.7 Å². The fourth-order valence-corrected chi connectivity index (χ4v) is 2.13. The molecule has 0 aliphatic rings. The number of nitrogens with zero attached hydrogens (tertiary/aromatic N) is 6. The van der Waals surface area contributed by atoms with E-state index in [9.17, 15) is 20.2 Å². The Balaban J connectivity index is 1.95. The highest BCUT2D eigenvalue weighted by Crippen LogP contribution is 2.19. The number of benzene rings is 2. The number of hydrogen-bond donors (Lipinski definition) is 0. The lowest BCUT2D eigenvalue weighted by atomic mass is 10.2. The first-order valence-electron chi connectivity index (χ1n) is 6.79. The predicted molar refractivity (Wildman–Crippen MR) is 81.3 cm³/mol. The summed E-state index contributed by atoms with van der Waals surface area (Å²) in [6.07, 6.45) is 0. The van der Waals surface area contributed by atoms with Gasteiger partial charge in [0.25, 0.3) is 11.4 Å². The van der Waals surface area contributed by atoms with Crippen LogP contribution < -0.4 is 4.80 Å². The molecule has 10 nitrogen and oxygen atoms in total. The van der Waals surface area contributed by atoms with E-state index in [1.54, 1.807) is 31.3 Å². The van der Waals surface area contributed by atoms with Crippen molar-refractivity contribution in [3.63, 3.8) is 0 Å². The van der Waals surface area contributed by atoms with Crippen molar-refractivity contribution in [1.29, 1.82) is 0 Å². The smallest absolute Gasteiger partial charge is 0.258 e. The zero-order valence-electron chi connectivity index (χ0n) is 12.4. The van der Waals surface area contributed by atoms with Crippen LogP contribution in [0.2, 0.25) is 0 Å². The van der Waals surface area contributed by atoms with Gasteiger partial charge < -0.3 is 0 Å². The van der Waals surface area contributed by atoms with Crippen LogP contribution in [0.5, 0.6) is 0 Å². The Bertz CT molecular complexity index is 917. The van der Waals surface area contributed by atoms with Gasteiger partial charge in [-0.3, -0.25) is 20.2 Å². The van der Waals surface area contributed by atoms with Crippen LogP contribution in [0.25, 0.3) is 17.1 Å². The minimum atomic E-state index is -0.479. The number of rotatable bonds is 4. The molecule has 1 heterocycles. The van der Waals surface area contributed by atoms with Crippen LogP contribution in [0.1, 0.15) is 0 Å². The van der Waals surface area contributed by atoms with E-state index >= 15 is 0 Å². The Kier molecular flexibility index (Phi) is 3.70. The first-order chi connectivity index (χ1) is 11.5. The Morgan fingerprint density at radius 3 is 1.92 bits per heavy atom. The highest BCUT2D eigenvalue weighted by atomic mass is 16.6. The van der Waals surface area contributed by atoms with Crippen LogP contribution >= 0.6 is 0 Å². The number of hydrogen-bond acceptors (Lipinski definition) is 6. The quantitative estimate of drug-likeness (QED) is 0.407. The van der Waals surface area contributed by atoms with Crippen molar-refractivity contribution in [3.8, 4) is 17.1 Å². The largest absolute Gasteiger partial charge is 0.339 e. The van der Waals surface area contributed by atoms with Crippen molar-refractivity contribution < 1.29 is 14.6 Å². The zero-order valence-corrected chi connectivity index (χ0v) is 12.4. The SMILES string of the molecule is C[n+]1nc(-c2ccc([N+](=O)[O-])cc2)nn1-c1ccc([N+](=O)[O-])cc1. The summed E-state index contributed by atoms with van der Waals surface area (Å²) in [7, 11) is 1.67. The maximum absolute atomic E-state index is 10.7. The molecule has 24 heavy (non-hydrogen) atoms. The molecule has 0 spiro atoms. The maximum atomic E-state index is 10.7. The van der Waals surface area contributed by atoms with E-state index < -0.39 is 9.85 Å². The fraction of sp³-hybridized carbons (Fsp3) is 0.0714. The van der Waals surface area contributed by atoms with Gasteiger partial charge in [-0.2, -0.15) is 0 Å². The molecule has 0 unspecified atom stereocenters. The van der Waals surface area contributed by atoms with E-state index in [1.165, 1.54) is 33.9 Å². The van der Waals surface area contributed by atoms with Crippen LogP contribution in [0.4, 0.5) is 11.4 Å². The molecule has 3 aromatic rings. The summed E-state index contributed by atoms with van der Waals surface area (Å²) in [6, 6.07) is 11.8. The molecule has 0 saturated heterocycles. The summed E-state index contributed by atoms with van der Waals surface area (Å²) >= 11 is 0. The Labute approximate surface area is 134 Å². The Morgan fingerprint density at radius 1 is 0.917 bits per heavy atom. The Morgan fingerprint density at radius 2 is 1.42 bits per heavy atom. The van der Waals surface area contributed by atoms with Gasteiger partial charge in [-0.05, 0) is 29.4 Å². The van der Waals surface area contributed by atoms with Crippen LogP contribution in [-0.2, 0) is 7.05 Å². The van der Waals surface area contributed by atoms with Gasteiger partial charge in [-0.15, -0.1) is 0 Å². The summed E-state index contributed by atoms with van der Waals surface area (Å²) < 4.78 is 0. The number of non-ortho nitro benzene ring substituents is 2. The van der Waals surface area contributed by atoms with Gasteiger partial charge >= 0.3 is 5.82 Å². The first kappa shape index (κ1) is 15.2. The van der Waals surface area contributed by atoms with Crippen molar-refractivity contribution in [3.05, 3.63) is 68.8 Å². The molecule has 120 valence electrons. The van der Waals surface area contributed by atoms with Gasteiger partial charge in [0.15, 0.2) is 0 Å². The van der Waals surface area contributed by atoms with E-state index in [2.05, 4.69) is 10.2 Å². The molecule has 0 fully saturated rings. The molecule has 2 aromatic carbocycles. The lowest BCUT2D eigenvalue weighted by molar-refractivity contribution is -0.800. The maximum Gasteiger partial charge on any atom is 0.339 e.